The van der Waals surface area contributed by atoms with E-state index in [0.717, 1.165) is 5.56 Å². The van der Waals surface area contributed by atoms with E-state index < -0.39 is 28.6 Å². The Morgan fingerprint density at radius 3 is 2.28 bits per heavy atom. The molecule has 0 aliphatic carbocycles. The third-order valence-electron chi connectivity index (χ3n) is 3.25. The van der Waals surface area contributed by atoms with Crippen LogP contribution in [0.3, 0.4) is 0 Å². The number of rotatable bonds is 6. The molecule has 0 heterocycles. The van der Waals surface area contributed by atoms with Crippen molar-refractivity contribution < 1.29 is 26.9 Å². The van der Waals surface area contributed by atoms with E-state index in [1.54, 1.807) is 26.0 Å². The first kappa shape index (κ1) is 18.5. The van der Waals surface area contributed by atoms with Crippen molar-refractivity contribution in [2.45, 2.75) is 18.7 Å². The van der Waals surface area contributed by atoms with E-state index >= 15 is 0 Å². The van der Waals surface area contributed by atoms with Crippen LogP contribution < -0.4 is 9.92 Å². The third-order valence-corrected chi connectivity index (χ3v) is 4.64. The van der Waals surface area contributed by atoms with Gasteiger partial charge in [-0.3, -0.25) is 4.79 Å². The van der Waals surface area contributed by atoms with E-state index in [0.29, 0.717) is 5.56 Å². The van der Waals surface area contributed by atoms with Gasteiger partial charge >= 0.3 is 16.1 Å². The quantitative estimate of drug-likeness (QED) is 0.617. The van der Waals surface area contributed by atoms with E-state index in [-0.39, 0.29) is 16.2 Å². The predicted molar refractivity (Wildman–Crippen MR) is 89.6 cm³/mol. The van der Waals surface area contributed by atoms with E-state index in [2.05, 4.69) is 4.74 Å². The molecule has 2 aromatic carbocycles. The standard InChI is InChI=1S/C17H17NO6S/c1-11-3-4-12(2)15(9-11)25(21,22)24-14-7-5-13(6-8-14)17(20)23-10-16(18)19/h3-9H,10H2,1-2H3,(H2,18,19). The molecule has 0 saturated carbocycles. The molecule has 8 heteroatoms. The highest BCUT2D eigenvalue weighted by atomic mass is 32.2. The van der Waals surface area contributed by atoms with Gasteiger partial charge in [-0.1, -0.05) is 12.1 Å². The molecule has 7 nitrogen and oxygen atoms in total. The van der Waals surface area contributed by atoms with Crippen molar-refractivity contribution in [3.63, 3.8) is 0 Å². The molecule has 0 aliphatic heterocycles. The SMILES string of the molecule is Cc1ccc(C)c(S(=O)(=O)Oc2ccc(C(=O)OCC(N)=O)cc2)c1. The van der Waals surface area contributed by atoms with Gasteiger partial charge in [0, 0.05) is 0 Å². The Hall–Kier alpha value is -2.87. The number of hydrogen-bond acceptors (Lipinski definition) is 6. The lowest BCUT2D eigenvalue weighted by molar-refractivity contribution is -0.121. The zero-order valence-electron chi connectivity index (χ0n) is 13.7. The molecule has 132 valence electrons. The molecular weight excluding hydrogens is 346 g/mol. The highest BCUT2D eigenvalue weighted by Crippen LogP contribution is 2.22. The molecular formula is C17H17NO6S. The molecule has 0 bridgehead atoms. The Morgan fingerprint density at radius 2 is 1.68 bits per heavy atom. The Labute approximate surface area is 145 Å². The number of hydrogen-bond donors (Lipinski definition) is 1. The smallest absolute Gasteiger partial charge is 0.339 e. The van der Waals surface area contributed by atoms with Crippen LogP contribution in [0.1, 0.15) is 21.5 Å². The Morgan fingerprint density at radius 1 is 1.04 bits per heavy atom. The first-order valence-corrected chi connectivity index (χ1v) is 8.67. The minimum absolute atomic E-state index is 0.0485. The molecule has 25 heavy (non-hydrogen) atoms. The second-order valence-electron chi connectivity index (χ2n) is 5.37. The van der Waals surface area contributed by atoms with Crippen molar-refractivity contribution in [2.24, 2.45) is 5.73 Å². The van der Waals surface area contributed by atoms with Crippen LogP contribution >= 0.6 is 0 Å². The Kier molecular flexibility index (Phi) is 5.43. The number of benzene rings is 2. The minimum Gasteiger partial charge on any atom is -0.452 e. The van der Waals surface area contributed by atoms with Gasteiger partial charge in [0.25, 0.3) is 5.91 Å². The number of primary amides is 1. The van der Waals surface area contributed by atoms with Crippen molar-refractivity contribution in [3.05, 3.63) is 59.2 Å². The Bertz CT molecular complexity index is 903. The summed E-state index contributed by atoms with van der Waals surface area (Å²) >= 11 is 0. The first-order chi connectivity index (χ1) is 11.7. The average molecular weight is 363 g/mol. The molecule has 0 atom stereocenters. The summed E-state index contributed by atoms with van der Waals surface area (Å²) in [5.41, 5.74) is 6.38. The van der Waals surface area contributed by atoms with Crippen LogP contribution in [0.5, 0.6) is 5.75 Å². The molecule has 1 amide bonds. The zero-order valence-corrected chi connectivity index (χ0v) is 14.5. The zero-order chi connectivity index (χ0) is 18.6. The van der Waals surface area contributed by atoms with Crippen molar-refractivity contribution in [1.82, 2.24) is 0 Å². The summed E-state index contributed by atoms with van der Waals surface area (Å²) in [5, 5.41) is 0. The number of esters is 1. The number of amides is 1. The molecule has 2 N–H and O–H groups in total. The van der Waals surface area contributed by atoms with E-state index in [1.165, 1.54) is 30.3 Å². The van der Waals surface area contributed by atoms with Crippen LogP contribution in [-0.2, 0) is 19.6 Å². The summed E-state index contributed by atoms with van der Waals surface area (Å²) < 4.78 is 34.6. The van der Waals surface area contributed by atoms with Gasteiger partial charge in [0.2, 0.25) is 0 Å². The normalized spacial score (nSPS) is 11.0. The van der Waals surface area contributed by atoms with Gasteiger partial charge in [0.15, 0.2) is 6.61 Å². The lowest BCUT2D eigenvalue weighted by Crippen LogP contribution is -2.20. The summed E-state index contributed by atoms with van der Waals surface area (Å²) in [6, 6.07) is 10.3. The maximum Gasteiger partial charge on any atom is 0.339 e. The highest BCUT2D eigenvalue weighted by Gasteiger charge is 2.20. The topological polar surface area (TPSA) is 113 Å². The number of aryl methyl sites for hydroxylation is 2. The van der Waals surface area contributed by atoms with Crippen LogP contribution in [-0.4, -0.2) is 26.9 Å². The number of nitrogens with two attached hydrogens (primary N) is 1. The molecule has 0 radical (unpaired) electrons. The van der Waals surface area contributed by atoms with Crippen LogP contribution in [0.25, 0.3) is 0 Å². The van der Waals surface area contributed by atoms with E-state index in [1.807, 2.05) is 0 Å². The molecule has 2 rings (SSSR count). The Balaban J connectivity index is 2.16. The monoisotopic (exact) mass is 363 g/mol. The van der Waals surface area contributed by atoms with E-state index in [4.69, 9.17) is 9.92 Å². The molecule has 0 spiro atoms. The fourth-order valence-corrected chi connectivity index (χ4v) is 3.26. The summed E-state index contributed by atoms with van der Waals surface area (Å²) in [6.45, 7) is 2.93. The van der Waals surface area contributed by atoms with Gasteiger partial charge in [0.05, 0.1) is 5.56 Å². The van der Waals surface area contributed by atoms with Crippen molar-refractivity contribution >= 4 is 22.0 Å². The van der Waals surface area contributed by atoms with Gasteiger partial charge in [0.1, 0.15) is 10.6 Å². The molecule has 0 unspecified atom stereocenters. The number of ether oxygens (including phenoxy) is 1. The summed E-state index contributed by atoms with van der Waals surface area (Å²) in [7, 11) is -4.00. The van der Waals surface area contributed by atoms with Gasteiger partial charge in [-0.15, -0.1) is 0 Å². The van der Waals surface area contributed by atoms with Crippen molar-refractivity contribution in [1.29, 1.82) is 0 Å². The molecule has 0 fully saturated rings. The fraction of sp³-hybridized carbons (Fsp3) is 0.176. The average Bonchev–Trinajstić information content (AvgIpc) is 2.55. The molecule has 0 aromatic heterocycles. The van der Waals surface area contributed by atoms with Gasteiger partial charge in [-0.25, -0.2) is 4.79 Å². The second kappa shape index (κ2) is 7.35. The third kappa shape index (κ3) is 4.80. The van der Waals surface area contributed by atoms with Gasteiger partial charge < -0.3 is 14.7 Å². The van der Waals surface area contributed by atoms with E-state index in [9.17, 15) is 18.0 Å². The lowest BCUT2D eigenvalue weighted by Gasteiger charge is -2.10. The summed E-state index contributed by atoms with van der Waals surface area (Å²) in [5.74, 6) is -1.47. The molecule has 0 saturated heterocycles. The number of carbonyl (C=O) groups is 2. The second-order valence-corrected chi connectivity index (χ2v) is 6.89. The minimum atomic E-state index is -4.00. The largest absolute Gasteiger partial charge is 0.452 e. The molecule has 2 aromatic rings. The number of carbonyl (C=O) groups excluding carboxylic acids is 2. The van der Waals surface area contributed by atoms with Crippen LogP contribution in [0.2, 0.25) is 0 Å². The fourth-order valence-electron chi connectivity index (χ4n) is 2.01. The van der Waals surface area contributed by atoms with Crippen LogP contribution in [0.4, 0.5) is 0 Å². The predicted octanol–water partition coefficient (Wildman–Crippen LogP) is 1.71. The first-order valence-electron chi connectivity index (χ1n) is 7.26. The highest BCUT2D eigenvalue weighted by molar-refractivity contribution is 7.87. The van der Waals surface area contributed by atoms with Crippen LogP contribution in [0.15, 0.2) is 47.4 Å². The van der Waals surface area contributed by atoms with Crippen molar-refractivity contribution in [2.75, 3.05) is 6.61 Å². The van der Waals surface area contributed by atoms with Crippen molar-refractivity contribution in [3.8, 4) is 5.75 Å². The lowest BCUT2D eigenvalue weighted by atomic mass is 10.2. The maximum absolute atomic E-state index is 12.4. The summed E-state index contributed by atoms with van der Waals surface area (Å²) in [6.07, 6.45) is 0. The molecule has 0 aliphatic rings. The maximum atomic E-state index is 12.4. The van der Waals surface area contributed by atoms with Gasteiger partial charge in [-0.2, -0.15) is 8.42 Å². The van der Waals surface area contributed by atoms with Crippen LogP contribution in [0, 0.1) is 13.8 Å². The summed E-state index contributed by atoms with van der Waals surface area (Å²) in [4.78, 5) is 22.3. The van der Waals surface area contributed by atoms with Gasteiger partial charge in [-0.05, 0) is 55.3 Å².